The van der Waals surface area contributed by atoms with Crippen LogP contribution in [0.2, 0.25) is 0 Å². The third-order valence-corrected chi connectivity index (χ3v) is 10.6. The predicted molar refractivity (Wildman–Crippen MR) is 98.4 cm³/mol. The number of hydrogen-bond donors (Lipinski definition) is 2. The Balaban J connectivity index is 1.52. The minimum Gasteiger partial charge on any atom is -0.387 e. The van der Waals surface area contributed by atoms with Crippen molar-refractivity contribution in [1.82, 2.24) is 9.80 Å². The molecule has 8 atom stereocenters. The van der Waals surface area contributed by atoms with Gasteiger partial charge >= 0.3 is 0 Å². The van der Waals surface area contributed by atoms with Crippen LogP contribution in [0, 0.1) is 11.8 Å². The topological polar surface area (TPSA) is 115 Å². The summed E-state index contributed by atoms with van der Waals surface area (Å²) in [6, 6.07) is -1.55. The third kappa shape index (κ3) is 1.67. The number of aliphatic hydroxyl groups excluding tert-OH is 2. The highest BCUT2D eigenvalue weighted by molar-refractivity contribution is 8.78. The molecule has 2 amide bonds. The molecule has 5 heterocycles. The van der Waals surface area contributed by atoms with Crippen molar-refractivity contribution in [2.24, 2.45) is 11.8 Å². The monoisotopic (exact) mass is 420 g/mol. The second-order valence-corrected chi connectivity index (χ2v) is 10.9. The molecule has 0 saturated carbocycles. The van der Waals surface area contributed by atoms with Gasteiger partial charge in [0.2, 0.25) is 0 Å². The second kappa shape index (κ2) is 5.10. The van der Waals surface area contributed by atoms with E-state index in [1.807, 2.05) is 0 Å². The number of ketones is 2. The number of hydrogen-bond acceptors (Lipinski definition) is 8. The van der Waals surface area contributed by atoms with Gasteiger partial charge in [-0.25, -0.2) is 0 Å². The maximum atomic E-state index is 13.7. The minimum absolute atomic E-state index is 0.129. The van der Waals surface area contributed by atoms with Gasteiger partial charge in [0, 0.05) is 24.7 Å². The van der Waals surface area contributed by atoms with Gasteiger partial charge in [-0.1, -0.05) is 33.7 Å². The number of allylic oxidation sites excluding steroid dienone is 2. The van der Waals surface area contributed by atoms with E-state index in [9.17, 15) is 29.4 Å². The highest BCUT2D eigenvalue weighted by Crippen LogP contribution is 2.69. The molecule has 7 rings (SSSR count). The van der Waals surface area contributed by atoms with Gasteiger partial charge in [0.15, 0.2) is 21.3 Å². The first kappa shape index (κ1) is 17.3. The number of amides is 2. The lowest BCUT2D eigenvalue weighted by molar-refractivity contribution is -0.169. The zero-order valence-electron chi connectivity index (χ0n) is 14.4. The molecule has 0 aromatic rings. The third-order valence-electron chi connectivity index (χ3n) is 6.96. The van der Waals surface area contributed by atoms with Crippen molar-refractivity contribution < 1.29 is 29.4 Å². The van der Waals surface area contributed by atoms with Gasteiger partial charge in [-0.2, -0.15) is 0 Å². The number of carbonyl (C=O) groups excluding carboxylic acids is 4. The van der Waals surface area contributed by atoms with Crippen LogP contribution in [-0.2, 0) is 19.2 Å². The number of piperazine rings is 1. The number of aliphatic hydroxyl groups is 2. The van der Waals surface area contributed by atoms with Crippen molar-refractivity contribution in [1.29, 1.82) is 0 Å². The van der Waals surface area contributed by atoms with Crippen LogP contribution in [0.1, 0.15) is 12.8 Å². The molecule has 2 N–H and O–H groups in total. The number of carbonyl (C=O) groups is 4. The van der Waals surface area contributed by atoms with Crippen LogP contribution >= 0.6 is 21.6 Å². The predicted octanol–water partition coefficient (Wildman–Crippen LogP) is -0.779. The maximum absolute atomic E-state index is 13.7. The zero-order chi connectivity index (χ0) is 19.6. The van der Waals surface area contributed by atoms with E-state index >= 15 is 0 Å². The number of rotatable bonds is 0. The van der Waals surface area contributed by atoms with Gasteiger partial charge < -0.3 is 20.0 Å². The molecule has 5 fully saturated rings. The maximum Gasteiger partial charge on any atom is 0.261 e. The summed E-state index contributed by atoms with van der Waals surface area (Å²) >= 11 is 0. The van der Waals surface area contributed by atoms with Crippen LogP contribution in [-0.4, -0.2) is 77.4 Å². The first-order chi connectivity index (χ1) is 13.3. The summed E-state index contributed by atoms with van der Waals surface area (Å²) in [5, 5.41) is 21.0. The molecule has 5 saturated heterocycles. The second-order valence-electron chi connectivity index (χ2n) is 8.19. The molecule has 146 valence electrons. The SMILES string of the molecule is O=C1C=C[C@H](O)[C@@H]2[C@@H]1CC13SSC4(C[C@@H]5C(=O)C=C[C@H](O)[C@H]5N4C1=O)C(=O)N23. The van der Waals surface area contributed by atoms with Gasteiger partial charge in [-0.05, 0) is 12.2 Å². The van der Waals surface area contributed by atoms with Crippen LogP contribution in [0.15, 0.2) is 24.3 Å². The first-order valence-electron chi connectivity index (χ1n) is 9.16. The van der Waals surface area contributed by atoms with Crippen molar-refractivity contribution in [3.8, 4) is 0 Å². The molecule has 0 radical (unpaired) electrons. The lowest BCUT2D eigenvalue weighted by Gasteiger charge is -2.58. The number of fused-ring (bicyclic) bond motifs is 3. The average Bonchev–Trinajstić information content (AvgIpc) is 3.22. The van der Waals surface area contributed by atoms with Crippen molar-refractivity contribution in [3.05, 3.63) is 24.3 Å². The van der Waals surface area contributed by atoms with E-state index in [2.05, 4.69) is 0 Å². The molecule has 2 bridgehead atoms. The van der Waals surface area contributed by atoms with E-state index in [-0.39, 0.29) is 36.2 Å². The summed E-state index contributed by atoms with van der Waals surface area (Å²) in [6.45, 7) is 0. The summed E-state index contributed by atoms with van der Waals surface area (Å²) in [5.41, 5.74) is 0. The molecule has 10 heteroatoms. The van der Waals surface area contributed by atoms with Crippen LogP contribution < -0.4 is 0 Å². The smallest absolute Gasteiger partial charge is 0.261 e. The Morgan fingerprint density at radius 1 is 0.786 bits per heavy atom. The summed E-state index contributed by atoms with van der Waals surface area (Å²) in [4.78, 5) is 52.6. The Labute approximate surface area is 167 Å². The summed E-state index contributed by atoms with van der Waals surface area (Å²) in [5.74, 6) is -2.35. The highest BCUT2D eigenvalue weighted by Gasteiger charge is 2.79. The lowest BCUT2D eigenvalue weighted by Crippen LogP contribution is -2.77. The Morgan fingerprint density at radius 2 is 1.18 bits per heavy atom. The van der Waals surface area contributed by atoms with E-state index in [1.165, 1.54) is 55.7 Å². The molecular weight excluding hydrogens is 404 g/mol. The molecule has 2 spiro atoms. The van der Waals surface area contributed by atoms with E-state index in [0.29, 0.717) is 0 Å². The Bertz CT molecular complexity index is 861. The van der Waals surface area contributed by atoms with E-state index in [0.717, 1.165) is 0 Å². The fourth-order valence-corrected chi connectivity index (χ4v) is 9.60. The molecule has 8 nitrogen and oxygen atoms in total. The molecule has 5 aliphatic heterocycles. The van der Waals surface area contributed by atoms with Gasteiger partial charge in [0.1, 0.15) is 0 Å². The summed E-state index contributed by atoms with van der Waals surface area (Å²) in [7, 11) is 2.51. The molecule has 28 heavy (non-hydrogen) atoms. The minimum atomic E-state index is -1.29. The molecular formula is C18H16N2O6S2. The van der Waals surface area contributed by atoms with Gasteiger partial charge in [-0.15, -0.1) is 0 Å². The first-order valence-corrected chi connectivity index (χ1v) is 11.3. The van der Waals surface area contributed by atoms with Crippen molar-refractivity contribution in [2.45, 2.75) is 46.9 Å². The molecule has 0 aromatic heterocycles. The molecule has 7 aliphatic rings. The van der Waals surface area contributed by atoms with Crippen molar-refractivity contribution in [2.75, 3.05) is 0 Å². The van der Waals surface area contributed by atoms with Crippen molar-refractivity contribution in [3.63, 3.8) is 0 Å². The van der Waals surface area contributed by atoms with Crippen LogP contribution in [0.5, 0.6) is 0 Å². The fraction of sp³-hybridized carbons (Fsp3) is 0.556. The Morgan fingerprint density at radius 3 is 1.57 bits per heavy atom. The Hall–Kier alpha value is -1.62. The van der Waals surface area contributed by atoms with E-state index in [4.69, 9.17) is 0 Å². The summed E-state index contributed by atoms with van der Waals surface area (Å²) in [6.07, 6.45) is 3.61. The quantitative estimate of drug-likeness (QED) is 0.491. The molecule has 2 unspecified atom stereocenters. The number of nitrogens with zero attached hydrogens (tertiary/aromatic N) is 2. The van der Waals surface area contributed by atoms with Crippen LogP contribution in [0.4, 0.5) is 0 Å². The lowest BCUT2D eigenvalue weighted by atomic mass is 9.85. The van der Waals surface area contributed by atoms with E-state index in [1.54, 1.807) is 0 Å². The largest absolute Gasteiger partial charge is 0.387 e. The summed E-state index contributed by atoms with van der Waals surface area (Å²) < 4.78 is 0. The Kier molecular flexibility index (Phi) is 3.14. The van der Waals surface area contributed by atoms with Crippen molar-refractivity contribution >= 4 is 45.0 Å². The highest BCUT2D eigenvalue weighted by atomic mass is 33.1. The van der Waals surface area contributed by atoms with Crippen LogP contribution in [0.3, 0.4) is 0 Å². The fourth-order valence-electron chi connectivity index (χ4n) is 5.77. The normalized spacial score (nSPS) is 50.8. The van der Waals surface area contributed by atoms with E-state index < -0.39 is 45.9 Å². The average molecular weight is 420 g/mol. The molecule has 0 aromatic carbocycles. The standard InChI is InChI=1S/C18H16N2O6S2/c21-9-1-3-11(23)13-7(9)5-17-15(25)20-14-8(10(22)2-4-12(14)24)6-18(20,28-27-17)16(26)19(13)17/h1-4,7-8,11-14,23-24H,5-6H2/t7-,8-,11+,12+,13+,14+,17?,18?/m1/s1. The van der Waals surface area contributed by atoms with Crippen LogP contribution in [0.25, 0.3) is 0 Å². The van der Waals surface area contributed by atoms with Gasteiger partial charge in [-0.3, -0.25) is 19.2 Å². The molecule has 2 aliphatic carbocycles. The zero-order valence-corrected chi connectivity index (χ0v) is 16.1. The van der Waals surface area contributed by atoms with Gasteiger partial charge in [0.05, 0.1) is 24.3 Å². The van der Waals surface area contributed by atoms with Gasteiger partial charge in [0.25, 0.3) is 11.8 Å².